The molecule has 1 aromatic rings. The van der Waals surface area contributed by atoms with E-state index in [1.165, 1.54) is 7.05 Å². The highest BCUT2D eigenvalue weighted by atomic mass is 16.4. The highest BCUT2D eigenvalue weighted by molar-refractivity contribution is 5.91. The Kier molecular flexibility index (Phi) is 3.64. The molecule has 0 spiro atoms. The molecule has 102 valence electrons. The molecular formula is C12H16N4O3. The summed E-state index contributed by atoms with van der Waals surface area (Å²) in [5.41, 5.74) is -0.453. The SMILES string of the molecule is CNC(=O)c1ccc(NCC2(C(=O)O)CCC2)nn1. The van der Waals surface area contributed by atoms with Gasteiger partial charge in [0.1, 0.15) is 5.82 Å². The molecule has 7 heteroatoms. The summed E-state index contributed by atoms with van der Waals surface area (Å²) in [6, 6.07) is 3.16. The molecule has 1 heterocycles. The second kappa shape index (κ2) is 5.21. The van der Waals surface area contributed by atoms with Gasteiger partial charge in [-0.25, -0.2) is 0 Å². The van der Waals surface area contributed by atoms with Crippen LogP contribution in [0.1, 0.15) is 29.8 Å². The molecule has 7 nitrogen and oxygen atoms in total. The first-order valence-corrected chi connectivity index (χ1v) is 6.10. The van der Waals surface area contributed by atoms with Gasteiger partial charge in [0.15, 0.2) is 5.69 Å². The van der Waals surface area contributed by atoms with E-state index in [4.69, 9.17) is 0 Å². The van der Waals surface area contributed by atoms with Crippen LogP contribution < -0.4 is 10.6 Å². The zero-order valence-corrected chi connectivity index (χ0v) is 10.6. The standard InChI is InChI=1S/C12H16N4O3/c1-13-10(17)8-3-4-9(16-15-8)14-7-12(11(18)19)5-2-6-12/h3-4H,2,5-7H2,1H3,(H,13,17)(H,14,16)(H,18,19). The minimum absolute atomic E-state index is 0.227. The van der Waals surface area contributed by atoms with E-state index in [0.717, 1.165) is 6.42 Å². The normalized spacial score (nSPS) is 16.3. The van der Waals surface area contributed by atoms with Gasteiger partial charge in [0, 0.05) is 13.6 Å². The van der Waals surface area contributed by atoms with Gasteiger partial charge in [-0.3, -0.25) is 9.59 Å². The first kappa shape index (κ1) is 13.3. The largest absolute Gasteiger partial charge is 0.481 e. The number of rotatable bonds is 5. The Bertz CT molecular complexity index is 482. The maximum Gasteiger partial charge on any atom is 0.311 e. The van der Waals surface area contributed by atoms with Crippen molar-refractivity contribution in [2.24, 2.45) is 5.41 Å². The number of aliphatic carboxylic acids is 1. The predicted molar refractivity (Wildman–Crippen MR) is 67.8 cm³/mol. The average molecular weight is 264 g/mol. The van der Waals surface area contributed by atoms with Crippen molar-refractivity contribution in [3.05, 3.63) is 17.8 Å². The molecule has 1 amide bonds. The number of hydrogen-bond acceptors (Lipinski definition) is 5. The van der Waals surface area contributed by atoms with Crippen LogP contribution in [0.4, 0.5) is 5.82 Å². The molecule has 0 bridgehead atoms. The number of aromatic nitrogens is 2. The minimum Gasteiger partial charge on any atom is -0.481 e. The van der Waals surface area contributed by atoms with E-state index in [1.807, 2.05) is 0 Å². The summed E-state index contributed by atoms with van der Waals surface area (Å²) < 4.78 is 0. The van der Waals surface area contributed by atoms with Gasteiger partial charge < -0.3 is 15.7 Å². The highest BCUT2D eigenvalue weighted by Crippen LogP contribution is 2.41. The third kappa shape index (κ3) is 2.64. The lowest BCUT2D eigenvalue weighted by Gasteiger charge is -2.37. The molecule has 2 rings (SSSR count). The van der Waals surface area contributed by atoms with E-state index in [0.29, 0.717) is 25.2 Å². The van der Waals surface area contributed by atoms with E-state index in [-0.39, 0.29) is 11.6 Å². The Morgan fingerprint density at radius 3 is 2.53 bits per heavy atom. The number of anilines is 1. The van der Waals surface area contributed by atoms with Crippen molar-refractivity contribution in [2.75, 3.05) is 18.9 Å². The van der Waals surface area contributed by atoms with Crippen molar-refractivity contribution in [2.45, 2.75) is 19.3 Å². The molecular weight excluding hydrogens is 248 g/mol. The number of carboxylic acids is 1. The number of carboxylic acid groups (broad SMARTS) is 1. The van der Waals surface area contributed by atoms with Crippen molar-refractivity contribution in [3.63, 3.8) is 0 Å². The van der Waals surface area contributed by atoms with Gasteiger partial charge >= 0.3 is 5.97 Å². The highest BCUT2D eigenvalue weighted by Gasteiger charge is 2.44. The van der Waals surface area contributed by atoms with Crippen LogP contribution in [0.5, 0.6) is 0 Å². The molecule has 0 radical (unpaired) electrons. The molecule has 0 atom stereocenters. The quantitative estimate of drug-likeness (QED) is 0.715. The fraction of sp³-hybridized carbons (Fsp3) is 0.500. The number of carbonyl (C=O) groups is 2. The Labute approximate surface area is 110 Å². The number of nitrogens with zero attached hydrogens (tertiary/aromatic N) is 2. The Balaban J connectivity index is 1.97. The fourth-order valence-corrected chi connectivity index (χ4v) is 2.01. The van der Waals surface area contributed by atoms with Gasteiger partial charge in [-0.05, 0) is 25.0 Å². The zero-order chi connectivity index (χ0) is 13.9. The van der Waals surface area contributed by atoms with Gasteiger partial charge in [0.25, 0.3) is 5.91 Å². The molecule has 0 saturated heterocycles. The van der Waals surface area contributed by atoms with Gasteiger partial charge in [-0.15, -0.1) is 10.2 Å². The van der Waals surface area contributed by atoms with Crippen LogP contribution in [0, 0.1) is 5.41 Å². The van der Waals surface area contributed by atoms with E-state index in [2.05, 4.69) is 20.8 Å². The van der Waals surface area contributed by atoms with Crippen molar-refractivity contribution in [1.82, 2.24) is 15.5 Å². The van der Waals surface area contributed by atoms with Crippen molar-refractivity contribution in [1.29, 1.82) is 0 Å². The molecule has 1 aromatic heterocycles. The van der Waals surface area contributed by atoms with E-state index >= 15 is 0 Å². The molecule has 1 saturated carbocycles. The molecule has 19 heavy (non-hydrogen) atoms. The molecule has 0 aliphatic heterocycles. The monoisotopic (exact) mass is 264 g/mol. The van der Waals surface area contributed by atoms with Crippen molar-refractivity contribution in [3.8, 4) is 0 Å². The van der Waals surface area contributed by atoms with Crippen LogP contribution in [0.15, 0.2) is 12.1 Å². The lowest BCUT2D eigenvalue weighted by Crippen LogP contribution is -2.43. The van der Waals surface area contributed by atoms with Crippen LogP contribution in [-0.4, -0.2) is 40.8 Å². The summed E-state index contributed by atoms with van der Waals surface area (Å²) in [5.74, 6) is -0.610. The number of amides is 1. The Hall–Kier alpha value is -2.18. The van der Waals surface area contributed by atoms with Crippen LogP contribution in [0.25, 0.3) is 0 Å². The lowest BCUT2D eigenvalue weighted by atomic mass is 9.69. The second-order valence-electron chi connectivity index (χ2n) is 4.68. The molecule has 0 unspecified atom stereocenters. The summed E-state index contributed by atoms with van der Waals surface area (Å²) >= 11 is 0. The first-order valence-electron chi connectivity index (χ1n) is 6.10. The van der Waals surface area contributed by atoms with E-state index < -0.39 is 11.4 Å². The fourth-order valence-electron chi connectivity index (χ4n) is 2.01. The summed E-state index contributed by atoms with van der Waals surface area (Å²) in [4.78, 5) is 22.5. The maximum absolute atomic E-state index is 11.3. The molecule has 0 aromatic carbocycles. The third-order valence-corrected chi connectivity index (χ3v) is 3.50. The summed E-state index contributed by atoms with van der Waals surface area (Å²) in [6.07, 6.45) is 2.30. The minimum atomic E-state index is -0.777. The van der Waals surface area contributed by atoms with Gasteiger partial charge in [0.2, 0.25) is 0 Å². The van der Waals surface area contributed by atoms with Crippen molar-refractivity contribution >= 4 is 17.7 Å². The summed E-state index contributed by atoms with van der Waals surface area (Å²) in [5, 5.41) is 22.2. The first-order chi connectivity index (χ1) is 9.07. The van der Waals surface area contributed by atoms with Gasteiger partial charge in [-0.1, -0.05) is 6.42 Å². The van der Waals surface area contributed by atoms with Crippen molar-refractivity contribution < 1.29 is 14.7 Å². The van der Waals surface area contributed by atoms with Crippen LogP contribution >= 0.6 is 0 Å². The smallest absolute Gasteiger partial charge is 0.311 e. The molecule has 3 N–H and O–H groups in total. The number of nitrogens with one attached hydrogen (secondary N) is 2. The van der Waals surface area contributed by atoms with E-state index in [1.54, 1.807) is 12.1 Å². The predicted octanol–water partition coefficient (Wildman–Crippen LogP) is 0.503. The molecule has 1 aliphatic rings. The number of hydrogen-bond donors (Lipinski definition) is 3. The maximum atomic E-state index is 11.3. The van der Waals surface area contributed by atoms with Gasteiger partial charge in [-0.2, -0.15) is 0 Å². The second-order valence-corrected chi connectivity index (χ2v) is 4.68. The zero-order valence-electron chi connectivity index (χ0n) is 10.6. The van der Waals surface area contributed by atoms with Gasteiger partial charge in [0.05, 0.1) is 5.41 Å². The third-order valence-electron chi connectivity index (χ3n) is 3.50. The Morgan fingerprint density at radius 2 is 2.11 bits per heavy atom. The average Bonchev–Trinajstić information content (AvgIpc) is 2.37. The van der Waals surface area contributed by atoms with Crippen LogP contribution in [0.2, 0.25) is 0 Å². The van der Waals surface area contributed by atoms with Crippen LogP contribution in [-0.2, 0) is 4.79 Å². The topological polar surface area (TPSA) is 104 Å². The summed E-state index contributed by atoms with van der Waals surface area (Å²) in [6.45, 7) is 0.330. The molecule has 1 fully saturated rings. The van der Waals surface area contributed by atoms with E-state index in [9.17, 15) is 14.7 Å². The Morgan fingerprint density at radius 1 is 1.37 bits per heavy atom. The number of carbonyl (C=O) groups excluding carboxylic acids is 1. The molecule has 1 aliphatic carbocycles. The van der Waals surface area contributed by atoms with Crippen LogP contribution in [0.3, 0.4) is 0 Å². The lowest BCUT2D eigenvalue weighted by molar-refractivity contribution is -0.153. The summed E-state index contributed by atoms with van der Waals surface area (Å²) in [7, 11) is 1.52.